The van der Waals surface area contributed by atoms with Crippen LogP contribution in [0.4, 0.5) is 17.1 Å². The van der Waals surface area contributed by atoms with Gasteiger partial charge in [-0.1, -0.05) is 11.6 Å². The lowest BCUT2D eigenvalue weighted by molar-refractivity contribution is -0.117. The maximum Gasteiger partial charge on any atom is 0.246 e. The summed E-state index contributed by atoms with van der Waals surface area (Å²) in [6.45, 7) is 2.46. The van der Waals surface area contributed by atoms with Crippen molar-refractivity contribution in [2.75, 3.05) is 29.2 Å². The van der Waals surface area contributed by atoms with Crippen LogP contribution < -0.4 is 20.3 Å². The van der Waals surface area contributed by atoms with Crippen LogP contribution in [0.3, 0.4) is 0 Å². The molecule has 1 heterocycles. The number of benzene rings is 2. The van der Waals surface area contributed by atoms with Crippen LogP contribution in [-0.4, -0.2) is 31.5 Å². The Morgan fingerprint density at radius 1 is 1.19 bits per heavy atom. The van der Waals surface area contributed by atoms with Gasteiger partial charge in [-0.05, 0) is 55.8 Å². The molecule has 0 spiro atoms. The number of rotatable bonds is 6. The van der Waals surface area contributed by atoms with Crippen LogP contribution in [0.1, 0.15) is 19.8 Å². The lowest BCUT2D eigenvalue weighted by Gasteiger charge is -2.20. The number of amides is 2. The van der Waals surface area contributed by atoms with Gasteiger partial charge < -0.3 is 20.3 Å². The molecule has 2 N–H and O–H groups in total. The Labute approximate surface area is 163 Å². The van der Waals surface area contributed by atoms with Gasteiger partial charge in [-0.3, -0.25) is 9.59 Å². The van der Waals surface area contributed by atoms with Crippen molar-refractivity contribution in [3.05, 3.63) is 47.5 Å². The summed E-state index contributed by atoms with van der Waals surface area (Å²) in [7, 11) is 1.59. The predicted molar refractivity (Wildman–Crippen MR) is 108 cm³/mol. The Balaban J connectivity index is 1.62. The molecule has 27 heavy (non-hydrogen) atoms. The minimum absolute atomic E-state index is 0.0878. The number of nitrogens with one attached hydrogen (secondary N) is 2. The first-order valence-corrected chi connectivity index (χ1v) is 9.17. The molecule has 1 aliphatic heterocycles. The van der Waals surface area contributed by atoms with E-state index in [0.29, 0.717) is 35.1 Å². The highest BCUT2D eigenvalue weighted by molar-refractivity contribution is 6.34. The Morgan fingerprint density at radius 3 is 2.48 bits per heavy atom. The summed E-state index contributed by atoms with van der Waals surface area (Å²) in [5.74, 6) is 0.644. The van der Waals surface area contributed by atoms with Gasteiger partial charge in [-0.15, -0.1) is 0 Å². The van der Waals surface area contributed by atoms with E-state index in [1.54, 1.807) is 49.3 Å². The second-order valence-corrected chi connectivity index (χ2v) is 6.81. The molecule has 0 unspecified atom stereocenters. The SMILES string of the molecule is COc1ccc(NC(=O)[C@@H](C)Nc2ccc(N3CCCC3=O)c(Cl)c2)cc1. The zero-order chi connectivity index (χ0) is 19.4. The zero-order valence-electron chi connectivity index (χ0n) is 15.3. The highest BCUT2D eigenvalue weighted by atomic mass is 35.5. The van der Waals surface area contributed by atoms with Crippen LogP contribution in [-0.2, 0) is 9.59 Å². The number of carbonyl (C=O) groups is 2. The van der Waals surface area contributed by atoms with Gasteiger partial charge in [-0.2, -0.15) is 0 Å². The first-order valence-electron chi connectivity index (χ1n) is 8.79. The van der Waals surface area contributed by atoms with Crippen molar-refractivity contribution in [3.8, 4) is 5.75 Å². The van der Waals surface area contributed by atoms with Crippen molar-refractivity contribution in [2.24, 2.45) is 0 Å². The van der Waals surface area contributed by atoms with Gasteiger partial charge in [0.05, 0.1) is 17.8 Å². The van der Waals surface area contributed by atoms with Crippen LogP contribution in [0.2, 0.25) is 5.02 Å². The van der Waals surface area contributed by atoms with E-state index in [1.807, 2.05) is 12.1 Å². The van der Waals surface area contributed by atoms with E-state index in [-0.39, 0.29) is 11.8 Å². The van der Waals surface area contributed by atoms with Crippen molar-refractivity contribution >= 4 is 40.5 Å². The number of nitrogens with zero attached hydrogens (tertiary/aromatic N) is 1. The number of hydrogen-bond donors (Lipinski definition) is 2. The maximum absolute atomic E-state index is 12.4. The molecule has 2 aromatic carbocycles. The van der Waals surface area contributed by atoms with Crippen LogP contribution in [0.25, 0.3) is 0 Å². The Hall–Kier alpha value is -2.73. The van der Waals surface area contributed by atoms with Crippen molar-refractivity contribution in [3.63, 3.8) is 0 Å². The molecule has 0 saturated carbocycles. The van der Waals surface area contributed by atoms with E-state index < -0.39 is 6.04 Å². The molecule has 3 rings (SSSR count). The summed E-state index contributed by atoms with van der Waals surface area (Å²) < 4.78 is 5.10. The van der Waals surface area contributed by atoms with Gasteiger partial charge >= 0.3 is 0 Å². The molecule has 1 fully saturated rings. The molecule has 142 valence electrons. The topological polar surface area (TPSA) is 70.7 Å². The number of anilines is 3. The first-order chi connectivity index (χ1) is 13.0. The second kappa shape index (κ2) is 8.31. The maximum atomic E-state index is 12.4. The average molecular weight is 388 g/mol. The van der Waals surface area contributed by atoms with E-state index in [1.165, 1.54) is 0 Å². The van der Waals surface area contributed by atoms with Crippen molar-refractivity contribution in [2.45, 2.75) is 25.8 Å². The largest absolute Gasteiger partial charge is 0.497 e. The summed E-state index contributed by atoms with van der Waals surface area (Å²) in [5, 5.41) is 6.46. The standard InChI is InChI=1S/C20H22ClN3O3/c1-13(20(26)23-14-5-8-16(27-2)9-6-14)22-15-7-10-18(17(21)12-15)24-11-3-4-19(24)25/h5-10,12-13,22H,3-4,11H2,1-2H3,(H,23,26)/t13-/m1/s1. The van der Waals surface area contributed by atoms with Gasteiger partial charge in [0.2, 0.25) is 11.8 Å². The van der Waals surface area contributed by atoms with E-state index in [0.717, 1.165) is 12.2 Å². The fourth-order valence-corrected chi connectivity index (χ4v) is 3.24. The summed E-state index contributed by atoms with van der Waals surface area (Å²) in [6.07, 6.45) is 1.40. The quantitative estimate of drug-likeness (QED) is 0.788. The highest BCUT2D eigenvalue weighted by Crippen LogP contribution is 2.31. The van der Waals surface area contributed by atoms with Crippen molar-refractivity contribution in [1.29, 1.82) is 0 Å². The number of carbonyl (C=O) groups excluding carboxylic acids is 2. The number of methoxy groups -OCH3 is 1. The van der Waals surface area contributed by atoms with Gasteiger partial charge in [0.1, 0.15) is 11.8 Å². The lowest BCUT2D eigenvalue weighted by atomic mass is 10.2. The van der Waals surface area contributed by atoms with Crippen molar-refractivity contribution in [1.82, 2.24) is 0 Å². The van der Waals surface area contributed by atoms with Crippen LogP contribution in [0.15, 0.2) is 42.5 Å². The van der Waals surface area contributed by atoms with E-state index in [9.17, 15) is 9.59 Å². The third-order valence-electron chi connectivity index (χ3n) is 4.45. The van der Waals surface area contributed by atoms with Crippen LogP contribution in [0, 0.1) is 0 Å². The second-order valence-electron chi connectivity index (χ2n) is 6.40. The molecule has 1 aliphatic rings. The monoisotopic (exact) mass is 387 g/mol. The Morgan fingerprint density at radius 2 is 1.89 bits per heavy atom. The first kappa shape index (κ1) is 19.0. The Kier molecular flexibility index (Phi) is 5.86. The van der Waals surface area contributed by atoms with Crippen LogP contribution >= 0.6 is 11.6 Å². The van der Waals surface area contributed by atoms with E-state index in [4.69, 9.17) is 16.3 Å². The molecular formula is C20H22ClN3O3. The van der Waals surface area contributed by atoms with E-state index >= 15 is 0 Å². The molecule has 1 atom stereocenters. The molecule has 1 saturated heterocycles. The summed E-state index contributed by atoms with van der Waals surface area (Å²) >= 11 is 6.35. The van der Waals surface area contributed by atoms with Crippen LogP contribution in [0.5, 0.6) is 5.75 Å². The average Bonchev–Trinajstić information content (AvgIpc) is 3.08. The minimum Gasteiger partial charge on any atom is -0.497 e. The Bertz CT molecular complexity index is 839. The third-order valence-corrected chi connectivity index (χ3v) is 4.75. The summed E-state index contributed by atoms with van der Waals surface area (Å²) in [4.78, 5) is 26.0. The molecule has 6 nitrogen and oxygen atoms in total. The van der Waals surface area contributed by atoms with E-state index in [2.05, 4.69) is 10.6 Å². The van der Waals surface area contributed by atoms with Gasteiger partial charge in [0.15, 0.2) is 0 Å². The zero-order valence-corrected chi connectivity index (χ0v) is 16.0. The number of hydrogen-bond acceptors (Lipinski definition) is 4. The van der Waals surface area contributed by atoms with Gasteiger partial charge in [-0.25, -0.2) is 0 Å². The summed E-state index contributed by atoms with van der Waals surface area (Å²) in [6, 6.07) is 12.0. The third kappa shape index (κ3) is 4.52. The molecule has 0 aromatic heterocycles. The smallest absolute Gasteiger partial charge is 0.246 e. The van der Waals surface area contributed by atoms with Crippen molar-refractivity contribution < 1.29 is 14.3 Å². The van der Waals surface area contributed by atoms with Gasteiger partial charge in [0.25, 0.3) is 0 Å². The normalized spacial score (nSPS) is 14.8. The highest BCUT2D eigenvalue weighted by Gasteiger charge is 2.23. The molecule has 2 aromatic rings. The molecule has 0 bridgehead atoms. The molecular weight excluding hydrogens is 366 g/mol. The molecule has 2 amide bonds. The fourth-order valence-electron chi connectivity index (χ4n) is 2.96. The lowest BCUT2D eigenvalue weighted by Crippen LogP contribution is -2.31. The number of halogens is 1. The van der Waals surface area contributed by atoms with Gasteiger partial charge in [0, 0.05) is 24.3 Å². The summed E-state index contributed by atoms with van der Waals surface area (Å²) in [5.41, 5.74) is 2.11. The minimum atomic E-state index is -0.470. The number of ether oxygens (including phenoxy) is 1. The molecule has 7 heteroatoms. The fraction of sp³-hybridized carbons (Fsp3) is 0.300. The predicted octanol–water partition coefficient (Wildman–Crippen LogP) is 3.91. The molecule has 0 radical (unpaired) electrons. The molecule has 0 aliphatic carbocycles.